The molecule has 0 aliphatic carbocycles. The fourth-order valence-corrected chi connectivity index (χ4v) is 2.62. The van der Waals surface area contributed by atoms with Crippen molar-refractivity contribution < 1.29 is 0 Å². The van der Waals surface area contributed by atoms with E-state index in [4.69, 9.17) is 0 Å². The Balaban J connectivity index is 2.03. The molecule has 0 fully saturated rings. The highest BCUT2D eigenvalue weighted by atomic mass is 32.1. The van der Waals surface area contributed by atoms with Crippen molar-refractivity contribution in [2.75, 3.05) is 0 Å². The van der Waals surface area contributed by atoms with Gasteiger partial charge in [0.1, 0.15) is 0 Å². The second-order valence-corrected chi connectivity index (χ2v) is 7.00. The van der Waals surface area contributed by atoms with Gasteiger partial charge in [-0.25, -0.2) is 4.98 Å². The van der Waals surface area contributed by atoms with Crippen molar-refractivity contribution in [1.29, 1.82) is 0 Å². The maximum absolute atomic E-state index is 4.25. The van der Waals surface area contributed by atoms with Gasteiger partial charge >= 0.3 is 0 Å². The summed E-state index contributed by atoms with van der Waals surface area (Å²) in [5.41, 5.74) is 1.37. The Bertz CT molecular complexity index is 505. The van der Waals surface area contributed by atoms with E-state index in [-0.39, 0.29) is 5.54 Å². The zero-order chi connectivity index (χ0) is 13.2. The Hall–Kier alpha value is -1.13. The normalized spacial score (nSPS) is 12.0. The van der Waals surface area contributed by atoms with Gasteiger partial charge in [-0.05, 0) is 39.8 Å². The van der Waals surface area contributed by atoms with Crippen molar-refractivity contribution in [3.63, 3.8) is 0 Å². The number of hydrogen-bond acceptors (Lipinski definition) is 3. The number of nitrogens with zero attached hydrogens (tertiary/aromatic N) is 2. The average molecular weight is 263 g/mol. The van der Waals surface area contributed by atoms with Crippen LogP contribution in [0.2, 0.25) is 0 Å². The van der Waals surface area contributed by atoms with E-state index in [9.17, 15) is 0 Å². The first kappa shape index (κ1) is 13.3. The van der Waals surface area contributed by atoms with Gasteiger partial charge in [-0.3, -0.25) is 0 Å². The molecule has 2 rings (SSSR count). The van der Waals surface area contributed by atoms with Gasteiger partial charge in [-0.2, -0.15) is 0 Å². The van der Waals surface area contributed by atoms with Crippen LogP contribution in [0.5, 0.6) is 0 Å². The van der Waals surface area contributed by atoms with Crippen molar-refractivity contribution in [3.05, 3.63) is 40.1 Å². The third-order valence-electron chi connectivity index (χ3n) is 2.72. The molecule has 0 radical (unpaired) electrons. The topological polar surface area (TPSA) is 29.9 Å². The van der Waals surface area contributed by atoms with Crippen LogP contribution in [0.1, 0.15) is 36.2 Å². The molecule has 18 heavy (non-hydrogen) atoms. The minimum atomic E-state index is 0.134. The van der Waals surface area contributed by atoms with Crippen molar-refractivity contribution in [2.24, 2.45) is 0 Å². The molecule has 0 spiro atoms. The highest BCUT2D eigenvalue weighted by molar-refractivity contribution is 7.11. The van der Waals surface area contributed by atoms with Crippen molar-refractivity contribution in [3.8, 4) is 0 Å². The van der Waals surface area contributed by atoms with E-state index in [1.807, 2.05) is 23.9 Å². The number of aryl methyl sites for hydroxylation is 1. The average Bonchev–Trinajstić information content (AvgIpc) is 2.85. The van der Waals surface area contributed by atoms with Crippen LogP contribution < -0.4 is 5.32 Å². The Morgan fingerprint density at radius 2 is 2.11 bits per heavy atom. The number of rotatable bonds is 4. The van der Waals surface area contributed by atoms with Crippen molar-refractivity contribution in [2.45, 2.75) is 46.3 Å². The Morgan fingerprint density at radius 1 is 1.33 bits per heavy atom. The Labute approximate surface area is 113 Å². The molecular weight excluding hydrogens is 242 g/mol. The largest absolute Gasteiger partial charge is 0.328 e. The summed E-state index contributed by atoms with van der Waals surface area (Å²) in [7, 11) is 0. The molecule has 0 aliphatic heterocycles. The molecule has 1 N–H and O–H groups in total. The van der Waals surface area contributed by atoms with E-state index in [1.165, 1.54) is 15.4 Å². The fraction of sp³-hybridized carbons (Fsp3) is 0.500. The molecule has 0 bridgehead atoms. The minimum absolute atomic E-state index is 0.134. The number of aromatic nitrogens is 2. The lowest BCUT2D eigenvalue weighted by molar-refractivity contribution is 0.417. The van der Waals surface area contributed by atoms with Gasteiger partial charge in [-0.15, -0.1) is 11.3 Å². The van der Waals surface area contributed by atoms with E-state index in [0.717, 1.165) is 13.1 Å². The van der Waals surface area contributed by atoms with E-state index in [1.54, 1.807) is 0 Å². The Morgan fingerprint density at radius 3 is 2.72 bits per heavy atom. The molecule has 2 aromatic rings. The first-order chi connectivity index (χ1) is 8.44. The molecule has 0 atom stereocenters. The summed E-state index contributed by atoms with van der Waals surface area (Å²) >= 11 is 1.85. The predicted molar refractivity (Wildman–Crippen MR) is 77.0 cm³/mol. The molecule has 0 amide bonds. The SMILES string of the molecule is Cc1ccc(Cn2cncc2CNC(C)(C)C)s1. The standard InChI is InChI=1S/C14H21N3S/c1-11-5-6-13(18-11)9-17-10-15-7-12(17)8-16-14(2,3)4/h5-7,10,16H,8-9H2,1-4H3. The molecule has 3 nitrogen and oxygen atoms in total. The zero-order valence-corrected chi connectivity index (χ0v) is 12.3. The second kappa shape index (κ2) is 5.24. The van der Waals surface area contributed by atoms with Gasteiger partial charge in [0.2, 0.25) is 0 Å². The van der Waals surface area contributed by atoms with Crippen LogP contribution in [0.3, 0.4) is 0 Å². The molecule has 98 valence electrons. The van der Waals surface area contributed by atoms with Crippen LogP contribution in [0.4, 0.5) is 0 Å². The quantitative estimate of drug-likeness (QED) is 0.918. The van der Waals surface area contributed by atoms with Crippen LogP contribution >= 0.6 is 11.3 Å². The summed E-state index contributed by atoms with van der Waals surface area (Å²) in [5.74, 6) is 0. The van der Waals surface area contributed by atoms with Gasteiger partial charge in [0.05, 0.1) is 18.6 Å². The highest BCUT2D eigenvalue weighted by Gasteiger charge is 2.11. The summed E-state index contributed by atoms with van der Waals surface area (Å²) in [6, 6.07) is 4.37. The third-order valence-corrected chi connectivity index (χ3v) is 3.71. The third kappa shape index (κ3) is 3.68. The highest BCUT2D eigenvalue weighted by Crippen LogP contribution is 2.17. The molecule has 0 saturated heterocycles. The van der Waals surface area contributed by atoms with E-state index < -0.39 is 0 Å². The number of imidazole rings is 1. The molecule has 0 aliphatic rings. The van der Waals surface area contributed by atoms with Gasteiger partial charge in [0.15, 0.2) is 0 Å². The van der Waals surface area contributed by atoms with E-state index in [2.05, 4.69) is 54.7 Å². The number of hydrogen-bond donors (Lipinski definition) is 1. The summed E-state index contributed by atoms with van der Waals surface area (Å²) in [4.78, 5) is 6.99. The maximum Gasteiger partial charge on any atom is 0.0952 e. The molecule has 0 aromatic carbocycles. The summed E-state index contributed by atoms with van der Waals surface area (Å²) < 4.78 is 2.21. The van der Waals surface area contributed by atoms with Crippen LogP contribution in [-0.2, 0) is 13.1 Å². The summed E-state index contributed by atoms with van der Waals surface area (Å²) in [5, 5.41) is 3.50. The monoisotopic (exact) mass is 263 g/mol. The fourth-order valence-electron chi connectivity index (χ4n) is 1.73. The molecule has 2 heterocycles. The molecule has 4 heteroatoms. The van der Waals surface area contributed by atoms with Gasteiger partial charge in [-0.1, -0.05) is 0 Å². The smallest absolute Gasteiger partial charge is 0.0952 e. The number of thiophene rings is 1. The van der Waals surface area contributed by atoms with Crippen LogP contribution in [0.25, 0.3) is 0 Å². The molecule has 0 unspecified atom stereocenters. The van der Waals surface area contributed by atoms with Gasteiger partial charge in [0, 0.05) is 28.0 Å². The number of nitrogens with one attached hydrogen (secondary N) is 1. The van der Waals surface area contributed by atoms with Crippen LogP contribution in [0.15, 0.2) is 24.7 Å². The summed E-state index contributed by atoms with van der Waals surface area (Å²) in [6.45, 7) is 10.4. The lowest BCUT2D eigenvalue weighted by atomic mass is 10.1. The van der Waals surface area contributed by atoms with E-state index >= 15 is 0 Å². The zero-order valence-electron chi connectivity index (χ0n) is 11.5. The van der Waals surface area contributed by atoms with Gasteiger partial charge in [0.25, 0.3) is 0 Å². The maximum atomic E-state index is 4.25. The van der Waals surface area contributed by atoms with E-state index in [0.29, 0.717) is 0 Å². The lowest BCUT2D eigenvalue weighted by Crippen LogP contribution is -2.35. The molecule has 2 aromatic heterocycles. The van der Waals surface area contributed by atoms with Crippen LogP contribution in [0, 0.1) is 6.92 Å². The minimum Gasteiger partial charge on any atom is -0.328 e. The van der Waals surface area contributed by atoms with Crippen LogP contribution in [-0.4, -0.2) is 15.1 Å². The summed E-state index contributed by atoms with van der Waals surface area (Å²) in [6.07, 6.45) is 3.86. The molecule has 0 saturated carbocycles. The lowest BCUT2D eigenvalue weighted by Gasteiger charge is -2.20. The first-order valence-electron chi connectivity index (χ1n) is 6.23. The second-order valence-electron chi connectivity index (χ2n) is 5.63. The van der Waals surface area contributed by atoms with Crippen molar-refractivity contribution in [1.82, 2.24) is 14.9 Å². The predicted octanol–water partition coefficient (Wildman–Crippen LogP) is 3.19. The molecular formula is C14H21N3S. The first-order valence-corrected chi connectivity index (χ1v) is 7.05. The Kier molecular flexibility index (Phi) is 3.88. The van der Waals surface area contributed by atoms with Gasteiger partial charge < -0.3 is 9.88 Å². The van der Waals surface area contributed by atoms with Crippen molar-refractivity contribution >= 4 is 11.3 Å².